The van der Waals surface area contributed by atoms with Gasteiger partial charge in [-0.05, 0) is 47.5 Å². The Morgan fingerprint density at radius 2 is 1.12 bits per heavy atom. The zero-order chi connectivity index (χ0) is 22.9. The topological polar surface area (TPSA) is 64.6 Å². The minimum absolute atomic E-state index is 0.378. The third-order valence-corrected chi connectivity index (χ3v) is 4.96. The Hall–Kier alpha value is -4.38. The molecule has 0 radical (unpaired) electrons. The van der Waals surface area contributed by atoms with Crippen LogP contribution in [0.25, 0.3) is 0 Å². The van der Waals surface area contributed by atoms with Gasteiger partial charge in [0, 0.05) is 5.69 Å². The number of anilines is 1. The zero-order valence-electron chi connectivity index (χ0n) is 17.9. The van der Waals surface area contributed by atoms with Gasteiger partial charge in [-0.1, -0.05) is 78.9 Å². The number of carbonyl (C=O) groups excluding carboxylic acids is 2. The molecule has 0 aromatic heterocycles. The van der Waals surface area contributed by atoms with Gasteiger partial charge in [-0.3, -0.25) is 9.59 Å². The van der Waals surface area contributed by atoms with Crippen LogP contribution in [0.1, 0.15) is 17.0 Å². The van der Waals surface area contributed by atoms with Gasteiger partial charge in [0.15, 0.2) is 6.61 Å². The third-order valence-electron chi connectivity index (χ3n) is 4.96. The summed E-state index contributed by atoms with van der Waals surface area (Å²) in [6, 6.07) is 35.2. The normalized spacial score (nSPS) is 10.5. The summed E-state index contributed by atoms with van der Waals surface area (Å²) in [6.07, 6.45) is 0. The van der Waals surface area contributed by atoms with Crippen LogP contribution in [0.2, 0.25) is 0 Å². The Morgan fingerprint density at radius 3 is 1.67 bits per heavy atom. The van der Waals surface area contributed by atoms with E-state index in [0.717, 1.165) is 16.9 Å². The fourth-order valence-corrected chi connectivity index (χ4v) is 3.40. The van der Waals surface area contributed by atoms with E-state index >= 15 is 0 Å². The Labute approximate surface area is 192 Å². The van der Waals surface area contributed by atoms with Gasteiger partial charge in [0.1, 0.15) is 17.4 Å². The van der Waals surface area contributed by atoms with E-state index in [9.17, 15) is 9.59 Å². The molecule has 0 aliphatic carbocycles. The number of rotatable bonds is 8. The van der Waals surface area contributed by atoms with Gasteiger partial charge < -0.3 is 14.8 Å². The van der Waals surface area contributed by atoms with Crippen LogP contribution in [-0.4, -0.2) is 18.5 Å². The van der Waals surface area contributed by atoms with Crippen LogP contribution in [0.5, 0.6) is 11.5 Å². The maximum atomic E-state index is 12.9. The number of para-hydroxylation sites is 1. The summed E-state index contributed by atoms with van der Waals surface area (Å²) in [5, 5.41) is 2.74. The Kier molecular flexibility index (Phi) is 7.13. The summed E-state index contributed by atoms with van der Waals surface area (Å²) in [5.41, 5.74) is 2.20. The lowest BCUT2D eigenvalue weighted by Gasteiger charge is -2.17. The molecule has 4 rings (SSSR count). The highest BCUT2D eigenvalue weighted by atomic mass is 16.5. The van der Waals surface area contributed by atoms with Crippen LogP contribution in [-0.2, 0) is 14.3 Å². The molecule has 0 fully saturated rings. The average Bonchev–Trinajstić information content (AvgIpc) is 2.86. The maximum Gasteiger partial charge on any atom is 0.318 e. The summed E-state index contributed by atoms with van der Waals surface area (Å²) in [4.78, 5) is 25.3. The SMILES string of the molecule is O=C(COC(=O)C(c1ccccc1)c1ccccc1)Nc1ccc(Oc2ccccc2)cc1. The lowest BCUT2D eigenvalue weighted by Crippen LogP contribution is -2.24. The van der Waals surface area contributed by atoms with Gasteiger partial charge in [-0.25, -0.2) is 0 Å². The molecule has 0 saturated heterocycles. The molecule has 0 spiro atoms. The van der Waals surface area contributed by atoms with Crippen molar-refractivity contribution in [3.8, 4) is 11.5 Å². The Balaban J connectivity index is 1.35. The van der Waals surface area contributed by atoms with Gasteiger partial charge >= 0.3 is 5.97 Å². The van der Waals surface area contributed by atoms with Crippen LogP contribution in [0, 0.1) is 0 Å². The van der Waals surface area contributed by atoms with Crippen LogP contribution in [0.15, 0.2) is 115 Å². The molecule has 5 nitrogen and oxygen atoms in total. The number of carbonyl (C=O) groups is 2. The molecule has 1 N–H and O–H groups in total. The highest BCUT2D eigenvalue weighted by Crippen LogP contribution is 2.26. The zero-order valence-corrected chi connectivity index (χ0v) is 17.9. The van der Waals surface area contributed by atoms with Gasteiger partial charge in [0.25, 0.3) is 5.91 Å². The summed E-state index contributed by atoms with van der Waals surface area (Å²) in [5.74, 6) is -0.115. The fourth-order valence-electron chi connectivity index (χ4n) is 3.40. The molecule has 33 heavy (non-hydrogen) atoms. The van der Waals surface area contributed by atoms with E-state index in [1.165, 1.54) is 0 Å². The first-order valence-electron chi connectivity index (χ1n) is 10.6. The number of benzene rings is 4. The molecule has 0 aliphatic rings. The predicted molar refractivity (Wildman–Crippen MR) is 127 cm³/mol. The van der Waals surface area contributed by atoms with Crippen LogP contribution >= 0.6 is 0 Å². The van der Waals surface area contributed by atoms with Crippen molar-refractivity contribution in [2.24, 2.45) is 0 Å². The third kappa shape index (κ3) is 6.08. The first kappa shape index (κ1) is 21.8. The summed E-state index contributed by atoms with van der Waals surface area (Å²) in [7, 11) is 0. The van der Waals surface area contributed by atoms with E-state index in [4.69, 9.17) is 9.47 Å². The fraction of sp³-hybridized carbons (Fsp3) is 0.0714. The number of hydrogen-bond acceptors (Lipinski definition) is 4. The van der Waals surface area contributed by atoms with Crippen LogP contribution < -0.4 is 10.1 Å². The minimum Gasteiger partial charge on any atom is -0.457 e. The monoisotopic (exact) mass is 437 g/mol. The van der Waals surface area contributed by atoms with Gasteiger partial charge in [0.2, 0.25) is 0 Å². The maximum absolute atomic E-state index is 12.9. The number of hydrogen-bond donors (Lipinski definition) is 1. The highest BCUT2D eigenvalue weighted by Gasteiger charge is 2.24. The second-order valence-electron chi connectivity index (χ2n) is 7.35. The van der Waals surface area contributed by atoms with E-state index in [-0.39, 0.29) is 6.61 Å². The average molecular weight is 437 g/mol. The highest BCUT2D eigenvalue weighted by molar-refractivity contribution is 5.93. The minimum atomic E-state index is -0.602. The second kappa shape index (κ2) is 10.8. The van der Waals surface area contributed by atoms with Crippen LogP contribution in [0.4, 0.5) is 5.69 Å². The van der Waals surface area contributed by atoms with E-state index in [1.54, 1.807) is 24.3 Å². The molecule has 0 bridgehead atoms. The number of esters is 1. The molecule has 0 atom stereocenters. The summed E-state index contributed by atoms with van der Waals surface area (Å²) in [6.45, 7) is -0.378. The summed E-state index contributed by atoms with van der Waals surface area (Å²) >= 11 is 0. The van der Waals surface area contributed by atoms with Gasteiger partial charge in [0.05, 0.1) is 0 Å². The molecule has 0 unspecified atom stereocenters. The first-order valence-corrected chi connectivity index (χ1v) is 10.6. The van der Waals surface area contributed by atoms with Crippen molar-refractivity contribution >= 4 is 17.6 Å². The lowest BCUT2D eigenvalue weighted by molar-refractivity contribution is -0.147. The molecular weight excluding hydrogens is 414 g/mol. The molecule has 0 saturated carbocycles. The Bertz CT molecular complexity index is 1140. The van der Waals surface area contributed by atoms with E-state index in [0.29, 0.717) is 11.4 Å². The van der Waals surface area contributed by atoms with Gasteiger partial charge in [-0.2, -0.15) is 0 Å². The molecule has 0 heterocycles. The van der Waals surface area contributed by atoms with Gasteiger partial charge in [-0.15, -0.1) is 0 Å². The van der Waals surface area contributed by atoms with Crippen molar-refractivity contribution in [3.05, 3.63) is 126 Å². The largest absolute Gasteiger partial charge is 0.457 e. The van der Waals surface area contributed by atoms with Crippen molar-refractivity contribution in [3.63, 3.8) is 0 Å². The number of amides is 1. The van der Waals surface area contributed by atoms with Crippen molar-refractivity contribution < 1.29 is 19.1 Å². The summed E-state index contributed by atoms with van der Waals surface area (Å²) < 4.78 is 11.1. The second-order valence-corrected chi connectivity index (χ2v) is 7.35. The first-order chi connectivity index (χ1) is 16.2. The van der Waals surface area contributed by atoms with Crippen molar-refractivity contribution in [1.82, 2.24) is 0 Å². The predicted octanol–water partition coefficient (Wildman–Crippen LogP) is 5.79. The van der Waals surface area contributed by atoms with Crippen molar-refractivity contribution in [2.45, 2.75) is 5.92 Å². The van der Waals surface area contributed by atoms with E-state index in [1.807, 2.05) is 91.0 Å². The molecule has 1 amide bonds. The van der Waals surface area contributed by atoms with Crippen molar-refractivity contribution in [2.75, 3.05) is 11.9 Å². The molecule has 4 aromatic rings. The molecule has 4 aromatic carbocycles. The van der Waals surface area contributed by atoms with E-state index < -0.39 is 17.8 Å². The smallest absolute Gasteiger partial charge is 0.318 e. The standard InChI is InChI=1S/C28H23NO4/c30-26(29-23-16-18-25(19-17-23)33-24-14-8-3-9-15-24)20-32-28(31)27(21-10-4-1-5-11-21)22-12-6-2-7-13-22/h1-19,27H,20H2,(H,29,30). The molecule has 0 aliphatic heterocycles. The number of nitrogens with one attached hydrogen (secondary N) is 1. The quantitative estimate of drug-likeness (QED) is 0.354. The van der Waals surface area contributed by atoms with E-state index in [2.05, 4.69) is 5.32 Å². The van der Waals surface area contributed by atoms with Crippen LogP contribution in [0.3, 0.4) is 0 Å². The molecular formula is C28H23NO4. The molecule has 5 heteroatoms. The Morgan fingerprint density at radius 1 is 0.636 bits per heavy atom. The lowest BCUT2D eigenvalue weighted by atomic mass is 9.91. The number of ether oxygens (including phenoxy) is 2. The van der Waals surface area contributed by atoms with Crippen molar-refractivity contribution in [1.29, 1.82) is 0 Å². The molecule has 164 valence electrons.